The molecule has 0 bridgehead atoms. The minimum Gasteiger partial charge on any atom is -0.345 e. The van der Waals surface area contributed by atoms with Crippen LogP contribution in [0.5, 0.6) is 0 Å². The van der Waals surface area contributed by atoms with E-state index < -0.39 is 10.0 Å². The highest BCUT2D eigenvalue weighted by atomic mass is 35.5. The van der Waals surface area contributed by atoms with Gasteiger partial charge in [0.2, 0.25) is 10.0 Å². The van der Waals surface area contributed by atoms with E-state index in [2.05, 4.69) is 41.5 Å². The van der Waals surface area contributed by atoms with Gasteiger partial charge in [0.25, 0.3) is 0 Å². The number of halogens is 2. The zero-order chi connectivity index (χ0) is 23.6. The molecular weight excluding hydrogens is 497 g/mol. The lowest BCUT2D eigenvalue weighted by Gasteiger charge is -2.34. The van der Waals surface area contributed by atoms with Crippen LogP contribution in [0.1, 0.15) is 35.7 Å². The summed E-state index contributed by atoms with van der Waals surface area (Å²) in [5.74, 6) is 0. The fourth-order valence-electron chi connectivity index (χ4n) is 3.93. The third kappa shape index (κ3) is 5.54. The van der Waals surface area contributed by atoms with Crippen molar-refractivity contribution in [3.8, 4) is 0 Å². The minimum absolute atomic E-state index is 0.112. The summed E-state index contributed by atoms with van der Waals surface area (Å²) in [6.07, 6.45) is 3.05. The van der Waals surface area contributed by atoms with Gasteiger partial charge in [0.05, 0.1) is 10.7 Å². The maximum atomic E-state index is 13.2. The summed E-state index contributed by atoms with van der Waals surface area (Å²) < 4.78 is 27.8. The highest BCUT2D eigenvalue weighted by Crippen LogP contribution is 2.31. The Morgan fingerprint density at radius 1 is 1.00 bits per heavy atom. The fourth-order valence-corrected chi connectivity index (χ4v) is 7.04. The van der Waals surface area contributed by atoms with Crippen LogP contribution >= 0.6 is 34.5 Å². The van der Waals surface area contributed by atoms with Crippen molar-refractivity contribution < 1.29 is 8.42 Å². The van der Waals surface area contributed by atoms with Gasteiger partial charge in [-0.2, -0.15) is 4.31 Å². The molecule has 1 aliphatic rings. The third-order valence-electron chi connectivity index (χ3n) is 5.83. The van der Waals surface area contributed by atoms with E-state index in [1.165, 1.54) is 21.5 Å². The fraction of sp³-hybridized carbons (Fsp3) is 0.375. The SMILES string of the molecule is CCCc1ccc(Cc2csc(N3CCN(S(=O)(=O)c4cc(C)c(Cl)cc4Cl)CC3)n2)cc1. The van der Waals surface area contributed by atoms with E-state index in [4.69, 9.17) is 28.2 Å². The van der Waals surface area contributed by atoms with Gasteiger partial charge in [-0.15, -0.1) is 11.3 Å². The molecule has 0 N–H and O–H groups in total. The Balaban J connectivity index is 1.39. The molecule has 1 saturated heterocycles. The quantitative estimate of drug-likeness (QED) is 0.391. The number of aromatic nitrogens is 1. The molecule has 0 atom stereocenters. The molecule has 2 aromatic carbocycles. The van der Waals surface area contributed by atoms with Crippen molar-refractivity contribution in [2.24, 2.45) is 0 Å². The molecule has 9 heteroatoms. The summed E-state index contributed by atoms with van der Waals surface area (Å²) in [7, 11) is -3.68. The lowest BCUT2D eigenvalue weighted by molar-refractivity contribution is 0.384. The van der Waals surface area contributed by atoms with E-state index in [0.717, 1.165) is 30.1 Å². The van der Waals surface area contributed by atoms with Crippen molar-refractivity contribution in [2.45, 2.75) is 38.0 Å². The number of hydrogen-bond donors (Lipinski definition) is 0. The number of piperazine rings is 1. The average Bonchev–Trinajstić information content (AvgIpc) is 3.26. The van der Waals surface area contributed by atoms with E-state index in [-0.39, 0.29) is 9.92 Å². The number of anilines is 1. The van der Waals surface area contributed by atoms with Gasteiger partial charge in [0, 0.05) is 43.0 Å². The topological polar surface area (TPSA) is 53.5 Å². The first kappa shape index (κ1) is 24.5. The molecule has 3 aromatic rings. The molecule has 5 nitrogen and oxygen atoms in total. The second kappa shape index (κ2) is 10.3. The second-order valence-corrected chi connectivity index (χ2v) is 11.8. The first-order chi connectivity index (χ1) is 15.8. The van der Waals surface area contributed by atoms with Crippen LogP contribution in [0.25, 0.3) is 0 Å². The van der Waals surface area contributed by atoms with Crippen molar-refractivity contribution >= 4 is 49.7 Å². The van der Waals surface area contributed by atoms with Gasteiger partial charge in [-0.05, 0) is 42.2 Å². The van der Waals surface area contributed by atoms with Crippen LogP contribution in [0.2, 0.25) is 10.0 Å². The summed E-state index contributed by atoms with van der Waals surface area (Å²) >= 11 is 13.9. The average molecular weight is 525 g/mol. The van der Waals surface area contributed by atoms with Gasteiger partial charge in [-0.25, -0.2) is 13.4 Å². The van der Waals surface area contributed by atoms with Crippen LogP contribution in [-0.2, 0) is 22.9 Å². The smallest absolute Gasteiger partial charge is 0.244 e. The van der Waals surface area contributed by atoms with E-state index >= 15 is 0 Å². The molecule has 0 amide bonds. The summed E-state index contributed by atoms with van der Waals surface area (Å²) in [5.41, 5.74) is 4.34. The van der Waals surface area contributed by atoms with Crippen molar-refractivity contribution in [1.29, 1.82) is 0 Å². The molecule has 0 unspecified atom stereocenters. The molecule has 0 saturated carbocycles. The summed E-state index contributed by atoms with van der Waals surface area (Å²) in [5, 5.41) is 3.64. The summed E-state index contributed by atoms with van der Waals surface area (Å²) in [4.78, 5) is 7.07. The molecule has 0 spiro atoms. The summed E-state index contributed by atoms with van der Waals surface area (Å²) in [6.45, 7) is 5.90. The largest absolute Gasteiger partial charge is 0.345 e. The number of sulfonamides is 1. The molecule has 1 aromatic heterocycles. The number of benzene rings is 2. The lowest BCUT2D eigenvalue weighted by atomic mass is 10.1. The van der Waals surface area contributed by atoms with Crippen LogP contribution < -0.4 is 4.90 Å². The van der Waals surface area contributed by atoms with E-state index in [1.807, 2.05) is 0 Å². The number of aryl methyl sites for hydroxylation is 2. The molecule has 1 fully saturated rings. The minimum atomic E-state index is -3.68. The third-order valence-corrected chi connectivity index (χ3v) is 9.55. The highest BCUT2D eigenvalue weighted by molar-refractivity contribution is 7.89. The van der Waals surface area contributed by atoms with Gasteiger partial charge in [-0.3, -0.25) is 0 Å². The Labute approximate surface area is 210 Å². The van der Waals surface area contributed by atoms with Gasteiger partial charge >= 0.3 is 0 Å². The summed E-state index contributed by atoms with van der Waals surface area (Å²) in [6, 6.07) is 11.8. The molecule has 33 heavy (non-hydrogen) atoms. The zero-order valence-electron chi connectivity index (χ0n) is 18.7. The highest BCUT2D eigenvalue weighted by Gasteiger charge is 2.31. The van der Waals surface area contributed by atoms with E-state index in [9.17, 15) is 8.42 Å². The van der Waals surface area contributed by atoms with Crippen molar-refractivity contribution in [1.82, 2.24) is 9.29 Å². The number of nitrogens with zero attached hydrogens (tertiary/aromatic N) is 3. The zero-order valence-corrected chi connectivity index (χ0v) is 21.9. The Hall–Kier alpha value is -1.64. The molecule has 0 aliphatic carbocycles. The molecule has 1 aliphatic heterocycles. The van der Waals surface area contributed by atoms with Crippen LogP contribution in [-0.4, -0.2) is 43.9 Å². The maximum absolute atomic E-state index is 13.2. The number of rotatable bonds is 7. The number of hydrogen-bond acceptors (Lipinski definition) is 5. The standard InChI is InChI=1S/C24H27Cl2N3O2S2/c1-3-4-18-5-7-19(8-6-18)14-20-16-32-24(27-20)28-9-11-29(12-10-28)33(30,31)23-13-17(2)21(25)15-22(23)26/h5-8,13,15-16H,3-4,9-12,14H2,1-2H3. The van der Waals surface area contributed by atoms with Crippen molar-refractivity contribution in [3.63, 3.8) is 0 Å². The molecule has 0 radical (unpaired) electrons. The molecule has 176 valence electrons. The number of thiazole rings is 1. The van der Waals surface area contributed by atoms with Crippen LogP contribution in [0.4, 0.5) is 5.13 Å². The normalized spacial score (nSPS) is 15.2. The Morgan fingerprint density at radius 3 is 2.33 bits per heavy atom. The first-order valence-electron chi connectivity index (χ1n) is 11.0. The molecule has 4 rings (SSSR count). The Morgan fingerprint density at radius 2 is 1.67 bits per heavy atom. The second-order valence-electron chi connectivity index (χ2n) is 8.29. The van der Waals surface area contributed by atoms with Crippen LogP contribution in [0, 0.1) is 6.92 Å². The van der Waals surface area contributed by atoms with Crippen molar-refractivity contribution in [2.75, 3.05) is 31.1 Å². The predicted octanol–water partition coefficient (Wildman–Crippen LogP) is 5.81. The van der Waals surface area contributed by atoms with Crippen LogP contribution in [0.15, 0.2) is 46.7 Å². The van der Waals surface area contributed by atoms with Crippen LogP contribution in [0.3, 0.4) is 0 Å². The predicted molar refractivity (Wildman–Crippen MR) is 138 cm³/mol. The van der Waals surface area contributed by atoms with Crippen molar-refractivity contribution in [3.05, 3.63) is 74.2 Å². The molecular formula is C24H27Cl2N3O2S2. The lowest BCUT2D eigenvalue weighted by Crippen LogP contribution is -2.48. The monoisotopic (exact) mass is 523 g/mol. The van der Waals surface area contributed by atoms with E-state index in [0.29, 0.717) is 36.8 Å². The van der Waals surface area contributed by atoms with Gasteiger partial charge < -0.3 is 4.90 Å². The maximum Gasteiger partial charge on any atom is 0.244 e. The Kier molecular flexibility index (Phi) is 7.66. The first-order valence-corrected chi connectivity index (χ1v) is 14.1. The van der Waals surface area contributed by atoms with Gasteiger partial charge in [0.15, 0.2) is 5.13 Å². The van der Waals surface area contributed by atoms with Gasteiger partial charge in [-0.1, -0.05) is 60.8 Å². The Bertz CT molecular complexity index is 1220. The molecule has 2 heterocycles. The van der Waals surface area contributed by atoms with E-state index in [1.54, 1.807) is 24.3 Å². The van der Waals surface area contributed by atoms with Gasteiger partial charge in [0.1, 0.15) is 4.90 Å².